The van der Waals surface area contributed by atoms with Crippen LogP contribution in [0.15, 0.2) is 47.6 Å². The van der Waals surface area contributed by atoms with E-state index in [0.717, 1.165) is 17.2 Å². The lowest BCUT2D eigenvalue weighted by atomic mass is 10.2. The smallest absolute Gasteiger partial charge is 0.225 e. The molecule has 0 saturated heterocycles. The quantitative estimate of drug-likeness (QED) is 0.657. The molecule has 6 heteroatoms. The molecular weight excluding hydrogens is 279 g/mol. The van der Waals surface area contributed by atoms with Gasteiger partial charge in [-0.1, -0.05) is 6.07 Å². The third-order valence-corrected chi connectivity index (χ3v) is 3.40. The number of anilines is 1. The van der Waals surface area contributed by atoms with Gasteiger partial charge >= 0.3 is 0 Å². The van der Waals surface area contributed by atoms with Gasteiger partial charge in [-0.15, -0.1) is 11.8 Å². The Hall–Kier alpha value is -2.08. The average molecular weight is 292 g/mol. The number of halogens is 1. The minimum atomic E-state index is -0.513. The molecule has 0 aliphatic rings. The van der Waals surface area contributed by atoms with Crippen molar-refractivity contribution in [1.82, 2.24) is 4.98 Å². The first-order chi connectivity index (χ1) is 9.65. The topological polar surface area (TPSA) is 62.2 Å². The normalized spacial score (nSPS) is 10.2. The van der Waals surface area contributed by atoms with E-state index < -0.39 is 5.82 Å². The molecule has 0 radical (unpaired) electrons. The monoisotopic (exact) mass is 292 g/mol. The molecule has 0 spiro atoms. The Morgan fingerprint density at radius 3 is 2.95 bits per heavy atom. The number of thioether (sulfide) groups is 1. The van der Waals surface area contributed by atoms with Gasteiger partial charge in [-0.3, -0.25) is 4.79 Å². The molecule has 1 heterocycles. The number of pyridine rings is 1. The summed E-state index contributed by atoms with van der Waals surface area (Å²) in [6.07, 6.45) is 1.93. The Labute approximate surface area is 120 Å². The molecule has 1 aromatic heterocycles. The van der Waals surface area contributed by atoms with Crippen LogP contribution in [0.5, 0.6) is 5.75 Å². The molecule has 0 aliphatic heterocycles. The summed E-state index contributed by atoms with van der Waals surface area (Å²) < 4.78 is 13.0. The number of phenolic OH excluding ortho intramolecular Hbond substituents is 1. The van der Waals surface area contributed by atoms with Gasteiger partial charge in [-0.25, -0.2) is 9.37 Å². The number of nitrogens with zero attached hydrogens (tertiary/aromatic N) is 1. The second kappa shape index (κ2) is 6.91. The van der Waals surface area contributed by atoms with Crippen molar-refractivity contribution in [3.05, 3.63) is 48.4 Å². The molecule has 0 bridgehead atoms. The minimum absolute atomic E-state index is 0.0813. The van der Waals surface area contributed by atoms with Crippen LogP contribution in [0.25, 0.3) is 0 Å². The van der Waals surface area contributed by atoms with Crippen molar-refractivity contribution in [2.24, 2.45) is 0 Å². The van der Waals surface area contributed by atoms with Crippen molar-refractivity contribution in [1.29, 1.82) is 0 Å². The van der Waals surface area contributed by atoms with Crippen molar-refractivity contribution in [3.63, 3.8) is 0 Å². The Balaban J connectivity index is 1.82. The van der Waals surface area contributed by atoms with Gasteiger partial charge < -0.3 is 10.4 Å². The van der Waals surface area contributed by atoms with Gasteiger partial charge in [0.15, 0.2) is 0 Å². The zero-order valence-electron chi connectivity index (χ0n) is 10.5. The third-order valence-electron chi connectivity index (χ3n) is 2.45. The fourth-order valence-electron chi connectivity index (χ4n) is 1.50. The van der Waals surface area contributed by atoms with Crippen LogP contribution in [0.2, 0.25) is 0 Å². The van der Waals surface area contributed by atoms with Gasteiger partial charge in [0.05, 0.1) is 10.7 Å². The number of hydrogen-bond donors (Lipinski definition) is 2. The van der Waals surface area contributed by atoms with E-state index in [1.807, 2.05) is 18.2 Å². The second-order valence-corrected chi connectivity index (χ2v) is 5.09. The summed E-state index contributed by atoms with van der Waals surface area (Å²) in [7, 11) is 0. The van der Waals surface area contributed by atoms with Crippen LogP contribution in [0.3, 0.4) is 0 Å². The van der Waals surface area contributed by atoms with E-state index in [1.165, 1.54) is 17.8 Å². The van der Waals surface area contributed by atoms with Gasteiger partial charge in [0.1, 0.15) is 11.6 Å². The summed E-state index contributed by atoms with van der Waals surface area (Å²) in [5.41, 5.74) is 0.0813. The fraction of sp³-hybridized carbons (Fsp3) is 0.143. The number of nitrogens with one attached hydrogen (secondary N) is 1. The standard InChI is InChI=1S/C14H13FN2O2S/c15-10-4-5-12(18)11(9-10)17-13(19)6-8-20-14-3-1-2-7-16-14/h1-5,7,9,18H,6,8H2,(H,17,19). The number of benzene rings is 1. The summed E-state index contributed by atoms with van der Waals surface area (Å²) >= 11 is 1.46. The number of carbonyl (C=O) groups excluding carboxylic acids is 1. The van der Waals surface area contributed by atoms with Crippen molar-refractivity contribution in [2.45, 2.75) is 11.4 Å². The van der Waals surface area contributed by atoms with Crippen molar-refractivity contribution in [3.8, 4) is 5.75 Å². The highest BCUT2D eigenvalue weighted by Gasteiger charge is 2.08. The highest BCUT2D eigenvalue weighted by molar-refractivity contribution is 7.99. The van der Waals surface area contributed by atoms with E-state index in [9.17, 15) is 14.3 Å². The Morgan fingerprint density at radius 2 is 2.20 bits per heavy atom. The van der Waals surface area contributed by atoms with E-state index in [-0.39, 0.29) is 23.8 Å². The molecule has 1 aromatic carbocycles. The second-order valence-electron chi connectivity index (χ2n) is 3.98. The van der Waals surface area contributed by atoms with E-state index in [2.05, 4.69) is 10.3 Å². The number of aromatic hydroxyl groups is 1. The van der Waals surface area contributed by atoms with Crippen molar-refractivity contribution < 1.29 is 14.3 Å². The zero-order chi connectivity index (χ0) is 14.4. The Bertz CT molecular complexity index is 593. The highest BCUT2D eigenvalue weighted by atomic mass is 32.2. The number of rotatable bonds is 5. The molecule has 0 unspecified atom stereocenters. The maximum Gasteiger partial charge on any atom is 0.225 e. The number of amides is 1. The van der Waals surface area contributed by atoms with Crippen LogP contribution in [-0.4, -0.2) is 21.8 Å². The highest BCUT2D eigenvalue weighted by Crippen LogP contribution is 2.24. The van der Waals surface area contributed by atoms with Gasteiger partial charge in [0.2, 0.25) is 5.91 Å². The lowest BCUT2D eigenvalue weighted by Gasteiger charge is -2.07. The summed E-state index contributed by atoms with van der Waals surface area (Å²) in [5.74, 6) is -0.397. The van der Waals surface area contributed by atoms with Crippen LogP contribution >= 0.6 is 11.8 Å². The first-order valence-electron chi connectivity index (χ1n) is 5.97. The summed E-state index contributed by atoms with van der Waals surface area (Å²) in [5, 5.41) is 12.8. The number of aromatic nitrogens is 1. The zero-order valence-corrected chi connectivity index (χ0v) is 11.4. The molecule has 2 rings (SSSR count). The van der Waals surface area contributed by atoms with Crippen molar-refractivity contribution >= 4 is 23.4 Å². The van der Waals surface area contributed by atoms with Crippen molar-refractivity contribution in [2.75, 3.05) is 11.1 Å². The summed E-state index contributed by atoms with van der Waals surface area (Å²) in [6.45, 7) is 0. The van der Waals surface area contributed by atoms with Crippen LogP contribution in [0.4, 0.5) is 10.1 Å². The minimum Gasteiger partial charge on any atom is -0.506 e. The van der Waals surface area contributed by atoms with Crippen LogP contribution < -0.4 is 5.32 Å². The van der Waals surface area contributed by atoms with Crippen LogP contribution in [0, 0.1) is 5.82 Å². The van der Waals surface area contributed by atoms with E-state index >= 15 is 0 Å². The number of hydrogen-bond acceptors (Lipinski definition) is 4. The predicted octanol–water partition coefficient (Wildman–Crippen LogP) is 3.05. The maximum absolute atomic E-state index is 13.0. The van der Waals surface area contributed by atoms with Gasteiger partial charge in [-0.05, 0) is 24.3 Å². The van der Waals surface area contributed by atoms with Crippen LogP contribution in [0.1, 0.15) is 6.42 Å². The summed E-state index contributed by atoms with van der Waals surface area (Å²) in [6, 6.07) is 8.97. The fourth-order valence-corrected chi connectivity index (χ4v) is 2.31. The molecule has 20 heavy (non-hydrogen) atoms. The Morgan fingerprint density at radius 1 is 1.35 bits per heavy atom. The number of carbonyl (C=O) groups is 1. The van der Waals surface area contributed by atoms with Gasteiger partial charge in [0.25, 0.3) is 0 Å². The number of phenols is 1. The largest absolute Gasteiger partial charge is 0.506 e. The molecule has 2 aromatic rings. The molecule has 0 atom stereocenters. The van der Waals surface area contributed by atoms with Gasteiger partial charge in [0, 0.05) is 24.4 Å². The predicted molar refractivity (Wildman–Crippen MR) is 76.3 cm³/mol. The van der Waals surface area contributed by atoms with E-state index in [0.29, 0.717) is 5.75 Å². The van der Waals surface area contributed by atoms with Gasteiger partial charge in [-0.2, -0.15) is 0 Å². The molecular formula is C14H13FN2O2S. The first-order valence-corrected chi connectivity index (χ1v) is 6.96. The van der Waals surface area contributed by atoms with Crippen LogP contribution in [-0.2, 0) is 4.79 Å². The first kappa shape index (κ1) is 14.3. The average Bonchev–Trinajstić information content (AvgIpc) is 2.44. The molecule has 0 saturated carbocycles. The third kappa shape index (κ3) is 4.24. The molecule has 0 aliphatic carbocycles. The molecule has 104 valence electrons. The molecule has 1 amide bonds. The molecule has 4 nitrogen and oxygen atoms in total. The molecule has 0 fully saturated rings. The molecule has 2 N–H and O–H groups in total. The summed E-state index contributed by atoms with van der Waals surface area (Å²) in [4.78, 5) is 15.8. The van der Waals surface area contributed by atoms with E-state index in [1.54, 1.807) is 6.20 Å². The van der Waals surface area contributed by atoms with E-state index in [4.69, 9.17) is 0 Å². The maximum atomic E-state index is 13.0. The Kier molecular flexibility index (Phi) is 4.95. The lowest BCUT2D eigenvalue weighted by Crippen LogP contribution is -2.12. The lowest BCUT2D eigenvalue weighted by molar-refractivity contribution is -0.115. The SMILES string of the molecule is O=C(CCSc1ccccn1)Nc1cc(F)ccc1O.